The van der Waals surface area contributed by atoms with Crippen molar-refractivity contribution >= 4 is 11.9 Å². The predicted octanol–water partition coefficient (Wildman–Crippen LogP) is 0.899. The maximum Gasteiger partial charge on any atom is 0.303 e. The monoisotopic (exact) mass is 251 g/mol. The topological polar surface area (TPSA) is 86.3 Å². The van der Waals surface area contributed by atoms with E-state index in [0.717, 1.165) is 17.9 Å². The van der Waals surface area contributed by atoms with Crippen molar-refractivity contribution in [3.8, 4) is 0 Å². The van der Waals surface area contributed by atoms with Crippen LogP contribution in [-0.4, -0.2) is 44.9 Å². The molecule has 0 saturated carbocycles. The number of nitrogens with zero attached hydrogens (tertiary/aromatic N) is 2. The fraction of sp³-hybridized carbons (Fsp3) is 0.583. The van der Waals surface area contributed by atoms with Gasteiger partial charge in [0.2, 0.25) is 5.91 Å². The number of nitrogens with one attached hydrogen (secondary N) is 1. The minimum Gasteiger partial charge on any atom is -0.481 e. The first-order valence-electron chi connectivity index (χ1n) is 6.07. The normalized spacial score (nSPS) is 19.2. The van der Waals surface area contributed by atoms with Crippen LogP contribution in [0.25, 0.3) is 0 Å². The van der Waals surface area contributed by atoms with Crippen LogP contribution in [0.2, 0.25) is 0 Å². The summed E-state index contributed by atoms with van der Waals surface area (Å²) in [5, 5.41) is 8.55. The zero-order valence-electron chi connectivity index (χ0n) is 10.3. The smallest absolute Gasteiger partial charge is 0.303 e. The van der Waals surface area contributed by atoms with E-state index in [-0.39, 0.29) is 24.7 Å². The Bertz CT molecular complexity index is 455. The summed E-state index contributed by atoms with van der Waals surface area (Å²) in [5.74, 6) is 0.150. The van der Waals surface area contributed by atoms with Crippen LogP contribution in [-0.2, 0) is 9.59 Å². The van der Waals surface area contributed by atoms with Crippen LogP contribution in [0.1, 0.15) is 36.7 Å². The molecule has 0 unspecified atom stereocenters. The Hall–Kier alpha value is -1.85. The fourth-order valence-electron chi connectivity index (χ4n) is 2.22. The number of imidazole rings is 1. The molecule has 0 spiro atoms. The van der Waals surface area contributed by atoms with Crippen molar-refractivity contribution in [3.63, 3.8) is 0 Å². The molecule has 98 valence electrons. The quantitative estimate of drug-likeness (QED) is 0.832. The highest BCUT2D eigenvalue weighted by Gasteiger charge is 2.28. The van der Waals surface area contributed by atoms with E-state index < -0.39 is 5.97 Å². The van der Waals surface area contributed by atoms with Gasteiger partial charge in [0.1, 0.15) is 5.82 Å². The van der Waals surface area contributed by atoms with Gasteiger partial charge in [-0.3, -0.25) is 9.59 Å². The van der Waals surface area contributed by atoms with Crippen molar-refractivity contribution in [2.45, 2.75) is 32.1 Å². The minimum atomic E-state index is -0.930. The number of hydrogen-bond donors (Lipinski definition) is 2. The summed E-state index contributed by atoms with van der Waals surface area (Å²) in [6.45, 7) is 3.26. The lowest BCUT2D eigenvalue weighted by molar-refractivity contribution is -0.140. The van der Waals surface area contributed by atoms with Crippen molar-refractivity contribution < 1.29 is 14.7 Å². The molecule has 1 aliphatic rings. The van der Waals surface area contributed by atoms with Crippen LogP contribution < -0.4 is 0 Å². The van der Waals surface area contributed by atoms with Gasteiger partial charge >= 0.3 is 5.97 Å². The number of H-pyrrole nitrogens is 1. The molecular weight excluding hydrogens is 234 g/mol. The number of aryl methyl sites for hydroxylation is 1. The Labute approximate surface area is 105 Å². The van der Waals surface area contributed by atoms with E-state index in [1.54, 1.807) is 11.1 Å². The van der Waals surface area contributed by atoms with Crippen LogP contribution in [0.4, 0.5) is 0 Å². The lowest BCUT2D eigenvalue weighted by Gasteiger charge is -2.15. The number of likely N-dealkylation sites (tertiary alicyclic amines) is 1. The number of carboxylic acids is 1. The Morgan fingerprint density at radius 2 is 2.33 bits per heavy atom. The summed E-state index contributed by atoms with van der Waals surface area (Å²) in [6.07, 6.45) is 2.65. The molecule has 0 radical (unpaired) electrons. The fourth-order valence-corrected chi connectivity index (χ4v) is 2.22. The van der Waals surface area contributed by atoms with Gasteiger partial charge in [0.25, 0.3) is 0 Å². The molecule has 1 amide bonds. The number of aromatic nitrogens is 2. The first-order chi connectivity index (χ1) is 8.56. The molecule has 2 N–H and O–H groups in total. The summed E-state index contributed by atoms with van der Waals surface area (Å²) in [6, 6.07) is 0. The number of aliphatic carboxylic acids is 1. The van der Waals surface area contributed by atoms with Crippen molar-refractivity contribution in [2.24, 2.45) is 0 Å². The molecule has 0 aliphatic carbocycles. The largest absolute Gasteiger partial charge is 0.481 e. The van der Waals surface area contributed by atoms with Gasteiger partial charge in [-0.15, -0.1) is 0 Å². The zero-order valence-corrected chi connectivity index (χ0v) is 10.3. The standard InChI is InChI=1S/C12H17N3O3/c1-8-6-13-12(14-8)9-4-5-15(7-9)10(16)2-3-11(17)18/h6,9H,2-5,7H2,1H3,(H,13,14)(H,17,18)/t9-/m0/s1. The second kappa shape index (κ2) is 5.20. The second-order valence-corrected chi connectivity index (χ2v) is 4.67. The highest BCUT2D eigenvalue weighted by Crippen LogP contribution is 2.25. The molecular formula is C12H17N3O3. The van der Waals surface area contributed by atoms with Gasteiger partial charge in [-0.2, -0.15) is 0 Å². The van der Waals surface area contributed by atoms with Crippen LogP contribution >= 0.6 is 0 Å². The number of amides is 1. The molecule has 1 aliphatic heterocycles. The molecule has 2 heterocycles. The van der Waals surface area contributed by atoms with Gasteiger partial charge in [0, 0.05) is 37.3 Å². The SMILES string of the molecule is Cc1cnc([C@H]2CCN(C(=O)CCC(=O)O)C2)[nH]1. The number of carbonyl (C=O) groups is 2. The summed E-state index contributed by atoms with van der Waals surface area (Å²) in [4.78, 5) is 31.4. The van der Waals surface area contributed by atoms with Crippen LogP contribution in [0, 0.1) is 6.92 Å². The number of hydrogen-bond acceptors (Lipinski definition) is 3. The molecule has 0 aromatic carbocycles. The Balaban J connectivity index is 1.88. The summed E-state index contributed by atoms with van der Waals surface area (Å²) in [5.41, 5.74) is 1.01. The maximum atomic E-state index is 11.8. The molecule has 1 saturated heterocycles. The molecule has 6 nitrogen and oxygen atoms in total. The Morgan fingerprint density at radius 1 is 1.56 bits per heavy atom. The molecule has 1 aromatic heterocycles. The van der Waals surface area contributed by atoms with E-state index >= 15 is 0 Å². The van der Waals surface area contributed by atoms with Gasteiger partial charge in [-0.05, 0) is 13.3 Å². The Morgan fingerprint density at radius 3 is 2.94 bits per heavy atom. The molecule has 2 rings (SSSR count). The van der Waals surface area contributed by atoms with Crippen molar-refractivity contribution in [2.75, 3.05) is 13.1 Å². The molecule has 0 bridgehead atoms. The van der Waals surface area contributed by atoms with E-state index in [1.165, 1.54) is 0 Å². The van der Waals surface area contributed by atoms with E-state index in [9.17, 15) is 9.59 Å². The zero-order chi connectivity index (χ0) is 13.1. The van der Waals surface area contributed by atoms with Gasteiger partial charge in [-0.1, -0.05) is 0 Å². The van der Waals surface area contributed by atoms with E-state index in [2.05, 4.69) is 9.97 Å². The van der Waals surface area contributed by atoms with Crippen molar-refractivity contribution in [3.05, 3.63) is 17.7 Å². The minimum absolute atomic E-state index is 0.0804. The van der Waals surface area contributed by atoms with Crippen LogP contribution in [0.15, 0.2) is 6.20 Å². The Kier molecular flexibility index (Phi) is 3.64. The van der Waals surface area contributed by atoms with Gasteiger partial charge < -0.3 is 15.0 Å². The van der Waals surface area contributed by atoms with Gasteiger partial charge in [0.05, 0.1) is 6.42 Å². The number of carboxylic acid groups (broad SMARTS) is 1. The van der Waals surface area contributed by atoms with Gasteiger partial charge in [0.15, 0.2) is 0 Å². The van der Waals surface area contributed by atoms with E-state index in [0.29, 0.717) is 13.1 Å². The lowest BCUT2D eigenvalue weighted by atomic mass is 10.1. The highest BCUT2D eigenvalue weighted by molar-refractivity contribution is 5.81. The third-order valence-corrected chi connectivity index (χ3v) is 3.20. The number of aromatic amines is 1. The van der Waals surface area contributed by atoms with Crippen molar-refractivity contribution in [1.82, 2.24) is 14.9 Å². The second-order valence-electron chi connectivity index (χ2n) is 4.67. The van der Waals surface area contributed by atoms with Crippen LogP contribution in [0.3, 0.4) is 0 Å². The average Bonchev–Trinajstić information content (AvgIpc) is 2.93. The highest BCUT2D eigenvalue weighted by atomic mass is 16.4. The predicted molar refractivity (Wildman–Crippen MR) is 64.1 cm³/mol. The molecule has 1 atom stereocenters. The molecule has 1 aromatic rings. The lowest BCUT2D eigenvalue weighted by Crippen LogP contribution is -2.28. The molecule has 18 heavy (non-hydrogen) atoms. The van der Waals surface area contributed by atoms with Crippen molar-refractivity contribution in [1.29, 1.82) is 0 Å². The van der Waals surface area contributed by atoms with E-state index in [1.807, 2.05) is 6.92 Å². The molecule has 1 fully saturated rings. The summed E-state index contributed by atoms with van der Waals surface area (Å²) >= 11 is 0. The maximum absolute atomic E-state index is 11.8. The van der Waals surface area contributed by atoms with Crippen LogP contribution in [0.5, 0.6) is 0 Å². The van der Waals surface area contributed by atoms with Gasteiger partial charge in [-0.25, -0.2) is 4.98 Å². The first-order valence-corrected chi connectivity index (χ1v) is 6.07. The number of carbonyl (C=O) groups excluding carboxylic acids is 1. The summed E-state index contributed by atoms with van der Waals surface area (Å²) in [7, 11) is 0. The third kappa shape index (κ3) is 2.88. The summed E-state index contributed by atoms with van der Waals surface area (Å²) < 4.78 is 0. The molecule has 6 heteroatoms. The van der Waals surface area contributed by atoms with E-state index in [4.69, 9.17) is 5.11 Å². The third-order valence-electron chi connectivity index (χ3n) is 3.20. The number of rotatable bonds is 4. The first kappa shape index (κ1) is 12.6. The average molecular weight is 251 g/mol.